The molecule has 7 heteroatoms. The van der Waals surface area contributed by atoms with Crippen molar-refractivity contribution in [2.24, 2.45) is 0 Å². The van der Waals surface area contributed by atoms with Crippen molar-refractivity contribution >= 4 is 23.3 Å². The van der Waals surface area contributed by atoms with Gasteiger partial charge in [-0.25, -0.2) is 4.98 Å². The Balaban J connectivity index is 2.34. The van der Waals surface area contributed by atoms with E-state index in [4.69, 9.17) is 5.11 Å². The minimum atomic E-state index is -0.450. The number of anilines is 1. The van der Waals surface area contributed by atoms with Gasteiger partial charge in [0.05, 0.1) is 4.92 Å². The van der Waals surface area contributed by atoms with Crippen LogP contribution in [0.1, 0.15) is 6.42 Å². The Morgan fingerprint density at radius 1 is 1.53 bits per heavy atom. The highest BCUT2D eigenvalue weighted by molar-refractivity contribution is 7.99. The monoisotopic (exact) mass is 257 g/mol. The van der Waals surface area contributed by atoms with E-state index in [1.165, 1.54) is 12.3 Å². The second-order valence-electron chi connectivity index (χ2n) is 3.24. The molecule has 0 saturated heterocycles. The number of rotatable bonds is 8. The molecule has 0 bridgehead atoms. The molecule has 0 radical (unpaired) electrons. The first kappa shape index (κ1) is 13.7. The highest BCUT2D eigenvalue weighted by Gasteiger charge is 2.12. The highest BCUT2D eigenvalue weighted by Crippen LogP contribution is 2.19. The van der Waals surface area contributed by atoms with Gasteiger partial charge >= 0.3 is 5.69 Å². The van der Waals surface area contributed by atoms with Crippen LogP contribution in [-0.4, -0.2) is 39.7 Å². The maximum absolute atomic E-state index is 10.7. The van der Waals surface area contributed by atoms with Crippen molar-refractivity contribution in [3.05, 3.63) is 28.4 Å². The first-order valence-electron chi connectivity index (χ1n) is 5.27. The van der Waals surface area contributed by atoms with Gasteiger partial charge in [-0.2, -0.15) is 11.8 Å². The Hall–Kier alpha value is -1.34. The Morgan fingerprint density at radius 3 is 3.06 bits per heavy atom. The average molecular weight is 257 g/mol. The molecular weight excluding hydrogens is 242 g/mol. The average Bonchev–Trinajstić information content (AvgIpc) is 2.34. The predicted octanol–water partition coefficient (Wildman–Crippen LogP) is 1.52. The molecule has 0 amide bonds. The quantitative estimate of drug-likeness (QED) is 0.417. The molecule has 0 unspecified atom stereocenters. The normalized spacial score (nSPS) is 10.2. The summed E-state index contributed by atoms with van der Waals surface area (Å²) in [5, 5.41) is 22.2. The van der Waals surface area contributed by atoms with Crippen LogP contribution < -0.4 is 5.32 Å². The van der Waals surface area contributed by atoms with Gasteiger partial charge in [0.25, 0.3) is 0 Å². The fourth-order valence-corrected chi connectivity index (χ4v) is 1.97. The summed E-state index contributed by atoms with van der Waals surface area (Å²) >= 11 is 1.69. The van der Waals surface area contributed by atoms with Crippen LogP contribution in [0, 0.1) is 10.1 Å². The van der Waals surface area contributed by atoms with Gasteiger partial charge in [0.1, 0.15) is 0 Å². The number of aromatic nitrogens is 1. The van der Waals surface area contributed by atoms with Crippen molar-refractivity contribution in [1.29, 1.82) is 0 Å². The fraction of sp³-hybridized carbons (Fsp3) is 0.500. The third kappa shape index (κ3) is 5.01. The van der Waals surface area contributed by atoms with Crippen LogP contribution in [0.4, 0.5) is 11.5 Å². The van der Waals surface area contributed by atoms with Crippen molar-refractivity contribution in [3.63, 3.8) is 0 Å². The molecule has 0 atom stereocenters. The molecule has 0 aliphatic heterocycles. The minimum Gasteiger partial charge on any atom is -0.396 e. The summed E-state index contributed by atoms with van der Waals surface area (Å²) in [7, 11) is 0. The summed E-state index contributed by atoms with van der Waals surface area (Å²) in [6, 6.07) is 2.97. The number of aliphatic hydroxyl groups excluding tert-OH is 1. The molecule has 0 aromatic carbocycles. The van der Waals surface area contributed by atoms with Crippen molar-refractivity contribution < 1.29 is 10.0 Å². The number of hydrogen-bond acceptors (Lipinski definition) is 6. The number of nitrogens with zero attached hydrogens (tertiary/aromatic N) is 2. The van der Waals surface area contributed by atoms with Gasteiger partial charge in [0.15, 0.2) is 0 Å². The summed E-state index contributed by atoms with van der Waals surface area (Å²) < 4.78 is 0. The minimum absolute atomic E-state index is 0.00661. The Morgan fingerprint density at radius 2 is 2.35 bits per heavy atom. The predicted molar refractivity (Wildman–Crippen MR) is 68.4 cm³/mol. The molecule has 1 aromatic rings. The third-order valence-electron chi connectivity index (χ3n) is 1.97. The Bertz CT molecular complexity index is 362. The van der Waals surface area contributed by atoms with Crippen LogP contribution >= 0.6 is 11.8 Å². The first-order valence-corrected chi connectivity index (χ1v) is 6.43. The van der Waals surface area contributed by atoms with E-state index in [2.05, 4.69) is 10.3 Å². The molecule has 0 aliphatic carbocycles. The molecule has 94 valence electrons. The number of nitrogens with one attached hydrogen (secondary N) is 1. The second kappa shape index (κ2) is 7.86. The molecule has 1 heterocycles. The van der Waals surface area contributed by atoms with E-state index in [1.807, 2.05) is 0 Å². The maximum atomic E-state index is 10.7. The van der Waals surface area contributed by atoms with E-state index in [-0.39, 0.29) is 12.3 Å². The molecule has 17 heavy (non-hydrogen) atoms. The van der Waals surface area contributed by atoms with Crippen molar-refractivity contribution in [3.8, 4) is 0 Å². The molecule has 2 N–H and O–H groups in total. The molecule has 0 fully saturated rings. The standard InChI is InChI=1S/C10H15N3O3S/c14-6-2-7-17-8-5-12-10-9(13(15)16)3-1-4-11-10/h1,3-4,14H,2,5-8H2,(H,11,12). The van der Waals surface area contributed by atoms with Gasteiger partial charge in [0.2, 0.25) is 5.82 Å². The lowest BCUT2D eigenvalue weighted by atomic mass is 10.4. The van der Waals surface area contributed by atoms with E-state index < -0.39 is 4.92 Å². The topological polar surface area (TPSA) is 88.3 Å². The van der Waals surface area contributed by atoms with E-state index in [0.29, 0.717) is 12.4 Å². The SMILES string of the molecule is O=[N+]([O-])c1cccnc1NCCSCCCO. The van der Waals surface area contributed by atoms with Gasteiger partial charge in [0, 0.05) is 31.2 Å². The summed E-state index contributed by atoms with van der Waals surface area (Å²) in [6.07, 6.45) is 2.29. The van der Waals surface area contributed by atoms with Crippen LogP contribution in [0.3, 0.4) is 0 Å². The van der Waals surface area contributed by atoms with Crippen LogP contribution in [-0.2, 0) is 0 Å². The molecule has 1 rings (SSSR count). The highest BCUT2D eigenvalue weighted by atomic mass is 32.2. The molecule has 0 aliphatic rings. The molecular formula is C10H15N3O3S. The van der Waals surface area contributed by atoms with Crippen LogP contribution in [0.15, 0.2) is 18.3 Å². The Labute approximate surface area is 104 Å². The summed E-state index contributed by atoms with van der Waals surface area (Å²) in [5.41, 5.74) is -0.00661. The van der Waals surface area contributed by atoms with Crippen LogP contribution in [0.25, 0.3) is 0 Å². The number of hydrogen-bond donors (Lipinski definition) is 2. The largest absolute Gasteiger partial charge is 0.396 e. The zero-order valence-corrected chi connectivity index (χ0v) is 10.2. The van der Waals surface area contributed by atoms with Crippen molar-refractivity contribution in [2.75, 3.05) is 30.0 Å². The molecule has 0 spiro atoms. The first-order chi connectivity index (χ1) is 8.25. The number of aliphatic hydroxyl groups is 1. The van der Waals surface area contributed by atoms with Crippen LogP contribution in [0.5, 0.6) is 0 Å². The maximum Gasteiger partial charge on any atom is 0.311 e. The van der Waals surface area contributed by atoms with Gasteiger partial charge in [-0.1, -0.05) is 0 Å². The number of nitro groups is 1. The lowest BCUT2D eigenvalue weighted by Crippen LogP contribution is -2.08. The third-order valence-corrected chi connectivity index (χ3v) is 3.04. The smallest absolute Gasteiger partial charge is 0.311 e. The van der Waals surface area contributed by atoms with Gasteiger partial charge in [-0.05, 0) is 18.2 Å². The Kier molecular flexibility index (Phi) is 6.34. The summed E-state index contributed by atoms with van der Waals surface area (Å²) in [5.74, 6) is 2.02. The van der Waals surface area contributed by atoms with Crippen molar-refractivity contribution in [1.82, 2.24) is 4.98 Å². The molecule has 0 saturated carbocycles. The van der Waals surface area contributed by atoms with Gasteiger partial charge in [-0.15, -0.1) is 0 Å². The number of pyridine rings is 1. The van der Waals surface area contributed by atoms with E-state index in [0.717, 1.165) is 17.9 Å². The van der Waals surface area contributed by atoms with E-state index in [1.54, 1.807) is 17.8 Å². The summed E-state index contributed by atoms with van der Waals surface area (Å²) in [4.78, 5) is 14.2. The lowest BCUT2D eigenvalue weighted by Gasteiger charge is -2.05. The van der Waals surface area contributed by atoms with Gasteiger partial charge in [-0.3, -0.25) is 10.1 Å². The fourth-order valence-electron chi connectivity index (χ4n) is 1.19. The zero-order chi connectivity index (χ0) is 12.5. The van der Waals surface area contributed by atoms with E-state index >= 15 is 0 Å². The van der Waals surface area contributed by atoms with Crippen LogP contribution in [0.2, 0.25) is 0 Å². The second-order valence-corrected chi connectivity index (χ2v) is 4.47. The molecule has 6 nitrogen and oxygen atoms in total. The zero-order valence-electron chi connectivity index (χ0n) is 9.33. The molecule has 1 aromatic heterocycles. The van der Waals surface area contributed by atoms with Crippen molar-refractivity contribution in [2.45, 2.75) is 6.42 Å². The summed E-state index contributed by atoms with van der Waals surface area (Å²) in [6.45, 7) is 0.820. The van der Waals surface area contributed by atoms with Gasteiger partial charge < -0.3 is 10.4 Å². The lowest BCUT2D eigenvalue weighted by molar-refractivity contribution is -0.384. The number of thioether (sulfide) groups is 1. The van der Waals surface area contributed by atoms with E-state index in [9.17, 15) is 10.1 Å².